The lowest BCUT2D eigenvalue weighted by atomic mass is 9.82. The van der Waals surface area contributed by atoms with Crippen LogP contribution in [0.4, 0.5) is 0 Å². The number of nitrogens with two attached hydrogens (primary N) is 1. The molecular formula is C25H36N6O7. The number of ether oxygens (including phenoxy) is 1. The fraction of sp³-hybridized carbons (Fsp3) is 0.600. The second kappa shape index (κ2) is 13.7. The molecule has 1 aliphatic carbocycles. The summed E-state index contributed by atoms with van der Waals surface area (Å²) in [5.74, 6) is -0.805. The van der Waals surface area contributed by atoms with Crippen LogP contribution in [0, 0.1) is 16.0 Å². The highest BCUT2D eigenvalue weighted by atomic mass is 17.0. The molecular weight excluding hydrogens is 496 g/mol. The zero-order valence-corrected chi connectivity index (χ0v) is 21.8. The quantitative estimate of drug-likeness (QED) is 0.0879. The summed E-state index contributed by atoms with van der Waals surface area (Å²) in [6, 6.07) is 6.13. The van der Waals surface area contributed by atoms with Crippen molar-refractivity contribution >= 4 is 23.6 Å². The molecule has 38 heavy (non-hydrogen) atoms. The number of benzene rings is 1. The number of amides is 2. The van der Waals surface area contributed by atoms with E-state index >= 15 is 0 Å². The first-order valence-electron chi connectivity index (χ1n) is 12.8. The average Bonchev–Trinajstić information content (AvgIpc) is 2.86. The number of likely N-dealkylation sites (tertiary alicyclic amines) is 1. The molecule has 4 N–H and O–H groups in total. The first-order chi connectivity index (χ1) is 18.2. The number of carbonyl (C=O) groups is 3. The largest absolute Gasteiger partial charge is 0.435 e. The fourth-order valence-corrected chi connectivity index (χ4v) is 4.82. The van der Waals surface area contributed by atoms with E-state index in [0.717, 1.165) is 43.2 Å². The van der Waals surface area contributed by atoms with Gasteiger partial charge in [-0.25, -0.2) is 0 Å². The number of esters is 1. The van der Waals surface area contributed by atoms with Crippen molar-refractivity contribution in [2.75, 3.05) is 20.1 Å². The third-order valence-corrected chi connectivity index (χ3v) is 6.95. The number of rotatable bonds is 12. The Morgan fingerprint density at radius 1 is 1.18 bits per heavy atom. The molecule has 2 amide bonds. The molecule has 13 nitrogen and oxygen atoms in total. The van der Waals surface area contributed by atoms with Gasteiger partial charge in [-0.05, 0) is 37.7 Å². The second-order valence-electron chi connectivity index (χ2n) is 9.50. The third-order valence-electron chi connectivity index (χ3n) is 6.95. The number of amidine groups is 1. The Hall–Kier alpha value is -3.74. The van der Waals surface area contributed by atoms with E-state index in [9.17, 15) is 24.5 Å². The van der Waals surface area contributed by atoms with Crippen molar-refractivity contribution in [3.63, 3.8) is 0 Å². The summed E-state index contributed by atoms with van der Waals surface area (Å²) in [5, 5.41) is 15.3. The van der Waals surface area contributed by atoms with Crippen molar-refractivity contribution in [1.82, 2.24) is 15.5 Å². The Bertz CT molecular complexity index is 1030. The summed E-state index contributed by atoms with van der Waals surface area (Å²) in [6.45, 7) is 1.68. The summed E-state index contributed by atoms with van der Waals surface area (Å²) in [5.41, 5.74) is 7.49. The van der Waals surface area contributed by atoms with Gasteiger partial charge >= 0.3 is 5.97 Å². The number of carbonyl (C=O) groups excluding carboxylic acids is 3. The fourth-order valence-electron chi connectivity index (χ4n) is 4.82. The third kappa shape index (κ3) is 7.88. The molecule has 0 aromatic heterocycles. The zero-order chi connectivity index (χ0) is 27.7. The number of nitrogens with zero attached hydrogens (tertiary/aromatic N) is 3. The lowest BCUT2D eigenvalue weighted by molar-refractivity contribution is -0.777. The maximum atomic E-state index is 13.5. The maximum absolute atomic E-state index is 13.5. The highest BCUT2D eigenvalue weighted by Crippen LogP contribution is 2.29. The first kappa shape index (κ1) is 28.8. The molecule has 3 atom stereocenters. The highest BCUT2D eigenvalue weighted by Gasteiger charge is 2.42. The van der Waals surface area contributed by atoms with Gasteiger partial charge in [-0.2, -0.15) is 0 Å². The molecule has 0 bridgehead atoms. The van der Waals surface area contributed by atoms with E-state index in [1.807, 2.05) is 24.3 Å². The van der Waals surface area contributed by atoms with E-state index in [0.29, 0.717) is 25.3 Å². The van der Waals surface area contributed by atoms with Crippen molar-refractivity contribution in [3.05, 3.63) is 45.5 Å². The maximum Gasteiger partial charge on any atom is 0.322 e. The summed E-state index contributed by atoms with van der Waals surface area (Å²) >= 11 is 0. The van der Waals surface area contributed by atoms with Gasteiger partial charge in [0.1, 0.15) is 11.9 Å². The standard InChI is InChI=1S/C25H36N6O7/c1-16(38-31(35)36)37-21(32)15-28-22(18-6-4-3-5-7-18)25(34)30-13-12-20(30)24(33)29-14-17-8-10-19(11-9-17)23(26)27-2/h8-11,16,18,20,22,28H,3-7,12-15H2,1-2H3,(H2,26,27)(H,29,33)/t16?,20-,22+/m0/s1. The van der Waals surface area contributed by atoms with Crippen LogP contribution >= 0.6 is 0 Å². The van der Waals surface area contributed by atoms with Gasteiger partial charge in [-0.3, -0.25) is 29.5 Å². The monoisotopic (exact) mass is 532 g/mol. The van der Waals surface area contributed by atoms with E-state index in [4.69, 9.17) is 10.5 Å². The Balaban J connectivity index is 1.57. The molecule has 2 aliphatic rings. The van der Waals surface area contributed by atoms with Crippen LogP contribution in [0.5, 0.6) is 0 Å². The van der Waals surface area contributed by atoms with Crippen LogP contribution in [-0.2, 0) is 30.5 Å². The highest BCUT2D eigenvalue weighted by molar-refractivity contribution is 5.97. The summed E-state index contributed by atoms with van der Waals surface area (Å²) in [6.07, 6.45) is 3.89. The molecule has 3 rings (SSSR count). The molecule has 1 unspecified atom stereocenters. The molecule has 1 saturated heterocycles. The van der Waals surface area contributed by atoms with Crippen LogP contribution in [0.25, 0.3) is 0 Å². The van der Waals surface area contributed by atoms with Crippen LogP contribution < -0.4 is 16.4 Å². The number of hydrogen-bond donors (Lipinski definition) is 3. The van der Waals surface area contributed by atoms with Gasteiger partial charge in [0.25, 0.3) is 5.09 Å². The SMILES string of the molecule is CN=C(N)c1ccc(CNC(=O)[C@@H]2CCN2C(=O)[C@H](NCC(=O)OC(C)O[N+](=O)[O-])C2CCCCC2)cc1. The summed E-state index contributed by atoms with van der Waals surface area (Å²) < 4.78 is 4.87. The molecule has 1 heterocycles. The van der Waals surface area contributed by atoms with Crippen molar-refractivity contribution in [1.29, 1.82) is 0 Å². The van der Waals surface area contributed by atoms with Gasteiger partial charge in [0.2, 0.25) is 18.1 Å². The Kier molecular flexibility index (Phi) is 10.4. The van der Waals surface area contributed by atoms with Crippen molar-refractivity contribution in [2.45, 2.75) is 70.4 Å². The van der Waals surface area contributed by atoms with Crippen LogP contribution in [0.1, 0.15) is 56.6 Å². The van der Waals surface area contributed by atoms with E-state index in [1.54, 1.807) is 11.9 Å². The molecule has 0 radical (unpaired) electrons. The molecule has 208 valence electrons. The zero-order valence-electron chi connectivity index (χ0n) is 21.8. The molecule has 1 aromatic rings. The second-order valence-corrected chi connectivity index (χ2v) is 9.50. The molecule has 1 aromatic carbocycles. The minimum atomic E-state index is -1.36. The van der Waals surface area contributed by atoms with Crippen LogP contribution in [0.15, 0.2) is 29.3 Å². The molecule has 1 saturated carbocycles. The summed E-state index contributed by atoms with van der Waals surface area (Å²) in [7, 11) is 1.62. The van der Waals surface area contributed by atoms with Crippen LogP contribution in [0.2, 0.25) is 0 Å². The number of aliphatic imine (C=N–C) groups is 1. The van der Waals surface area contributed by atoms with E-state index in [-0.39, 0.29) is 24.3 Å². The van der Waals surface area contributed by atoms with Gasteiger partial charge < -0.3 is 20.7 Å². The first-order valence-corrected chi connectivity index (χ1v) is 12.8. The normalized spacial score (nSPS) is 19.6. The average molecular weight is 533 g/mol. The minimum absolute atomic E-state index is 0.0124. The Morgan fingerprint density at radius 3 is 2.45 bits per heavy atom. The van der Waals surface area contributed by atoms with E-state index in [1.165, 1.54) is 6.92 Å². The van der Waals surface area contributed by atoms with Gasteiger partial charge in [0, 0.05) is 25.7 Å². The van der Waals surface area contributed by atoms with Gasteiger partial charge in [0.05, 0.1) is 12.6 Å². The predicted molar refractivity (Wildman–Crippen MR) is 137 cm³/mol. The summed E-state index contributed by atoms with van der Waals surface area (Å²) in [4.78, 5) is 58.7. The van der Waals surface area contributed by atoms with Crippen LogP contribution in [-0.4, -0.2) is 72.1 Å². The lowest BCUT2D eigenvalue weighted by Gasteiger charge is -2.43. The predicted octanol–water partition coefficient (Wildman–Crippen LogP) is 0.875. The number of nitrogens with one attached hydrogen (secondary N) is 2. The topological polar surface area (TPSA) is 178 Å². The van der Waals surface area contributed by atoms with Crippen LogP contribution in [0.3, 0.4) is 0 Å². The lowest BCUT2D eigenvalue weighted by Crippen LogP contribution is -2.63. The van der Waals surface area contributed by atoms with Gasteiger partial charge in [-0.15, -0.1) is 10.1 Å². The molecule has 0 spiro atoms. The Labute approximate surface area is 221 Å². The van der Waals surface area contributed by atoms with Gasteiger partial charge in [-0.1, -0.05) is 43.5 Å². The van der Waals surface area contributed by atoms with E-state index < -0.39 is 29.4 Å². The minimum Gasteiger partial charge on any atom is -0.435 e. The molecule has 2 fully saturated rings. The van der Waals surface area contributed by atoms with E-state index in [2.05, 4.69) is 20.5 Å². The van der Waals surface area contributed by atoms with Crippen molar-refractivity contribution in [2.24, 2.45) is 16.6 Å². The van der Waals surface area contributed by atoms with Gasteiger partial charge in [0.15, 0.2) is 0 Å². The smallest absolute Gasteiger partial charge is 0.322 e. The van der Waals surface area contributed by atoms with Crippen molar-refractivity contribution in [3.8, 4) is 0 Å². The number of hydrogen-bond acceptors (Lipinski definition) is 9. The molecule has 13 heteroatoms. The Morgan fingerprint density at radius 2 is 1.87 bits per heavy atom. The van der Waals surface area contributed by atoms with Crippen molar-refractivity contribution < 1.29 is 29.0 Å². The molecule has 1 aliphatic heterocycles.